The molecule has 1 fully saturated rings. The van der Waals surface area contributed by atoms with Crippen LogP contribution in [-0.4, -0.2) is 27.7 Å². The maximum atomic E-state index is 12.4. The number of ether oxygens (including phenoxy) is 1. The summed E-state index contributed by atoms with van der Waals surface area (Å²) < 4.78 is 5.88. The zero-order valence-corrected chi connectivity index (χ0v) is 15.6. The summed E-state index contributed by atoms with van der Waals surface area (Å²) in [4.78, 5) is 14.3. The lowest BCUT2D eigenvalue weighted by molar-refractivity contribution is 0.129. The van der Waals surface area contributed by atoms with Crippen molar-refractivity contribution in [2.75, 3.05) is 5.88 Å². The minimum absolute atomic E-state index is 0.138. The molecule has 2 rings (SSSR count). The summed E-state index contributed by atoms with van der Waals surface area (Å²) in [6.45, 7) is 8.75. The van der Waals surface area contributed by atoms with Crippen molar-refractivity contribution in [2.24, 2.45) is 0 Å². The van der Waals surface area contributed by atoms with E-state index in [1.54, 1.807) is 11.8 Å². The van der Waals surface area contributed by atoms with Gasteiger partial charge in [-0.15, -0.1) is 11.8 Å². The van der Waals surface area contributed by atoms with Gasteiger partial charge in [-0.05, 0) is 12.0 Å². The number of nitrogens with zero attached hydrogens (tertiary/aromatic N) is 1. The Bertz CT molecular complexity index is 498. The normalized spacial score (nSPS) is 21.6. The summed E-state index contributed by atoms with van der Waals surface area (Å²) in [6.07, 6.45) is 4.22. The van der Waals surface area contributed by atoms with Gasteiger partial charge in [-0.25, -0.2) is 4.79 Å². The van der Waals surface area contributed by atoms with Crippen molar-refractivity contribution in [1.82, 2.24) is 4.90 Å². The zero-order chi connectivity index (χ0) is 16.9. The molecule has 0 radical (unpaired) electrons. The maximum absolute atomic E-state index is 12.4. The number of hydrogen-bond acceptors (Lipinski definition) is 3. The van der Waals surface area contributed by atoms with Gasteiger partial charge in [0.05, 0.1) is 11.9 Å². The molecule has 0 bridgehead atoms. The second-order valence-electron chi connectivity index (χ2n) is 7.13. The highest BCUT2D eigenvalue weighted by molar-refractivity contribution is 8.00. The number of benzene rings is 1. The van der Waals surface area contributed by atoms with Crippen LogP contribution in [0, 0.1) is 0 Å². The first kappa shape index (κ1) is 18.2. The summed E-state index contributed by atoms with van der Waals surface area (Å²) in [5, 5.41) is 0. The van der Waals surface area contributed by atoms with E-state index in [1.807, 2.05) is 23.1 Å². The molecular weight excluding hydrogens is 306 g/mol. The summed E-state index contributed by atoms with van der Waals surface area (Å²) in [6, 6.07) is 10.3. The lowest BCUT2D eigenvalue weighted by Gasteiger charge is -2.27. The molecule has 0 saturated carbocycles. The van der Waals surface area contributed by atoms with Crippen molar-refractivity contribution in [3.05, 3.63) is 35.9 Å². The van der Waals surface area contributed by atoms with Crippen LogP contribution in [-0.2, 0) is 4.74 Å². The molecule has 0 unspecified atom stereocenters. The average molecular weight is 336 g/mol. The summed E-state index contributed by atoms with van der Waals surface area (Å²) in [5.74, 6) is 0.697. The van der Waals surface area contributed by atoms with Crippen LogP contribution in [0.3, 0.4) is 0 Å². The fraction of sp³-hybridized carbons (Fsp3) is 0.632. The molecule has 0 aromatic heterocycles. The first-order valence-electron chi connectivity index (χ1n) is 8.58. The molecule has 0 N–H and O–H groups in total. The van der Waals surface area contributed by atoms with Crippen LogP contribution in [0.1, 0.15) is 65.0 Å². The first-order chi connectivity index (χ1) is 10.9. The van der Waals surface area contributed by atoms with Gasteiger partial charge in [0.1, 0.15) is 6.10 Å². The number of rotatable bonds is 7. The predicted molar refractivity (Wildman–Crippen MR) is 97.6 cm³/mol. The number of unbranched alkanes of at least 4 members (excludes halogenated alkanes) is 2. The number of carbonyl (C=O) groups excluding carboxylic acids is 1. The molecule has 1 aromatic rings. The van der Waals surface area contributed by atoms with Crippen molar-refractivity contribution in [3.8, 4) is 0 Å². The van der Waals surface area contributed by atoms with Crippen LogP contribution < -0.4 is 0 Å². The standard InChI is InChI=1S/C19H29NO2S/c1-5-6-8-13-16-17(15-11-9-7-10-12-15)22-18(21)20(16)14-23-19(2,3)4/h7,9-12,16-17H,5-6,8,13-14H2,1-4H3/t16-,17+/m1/s1. The fourth-order valence-corrected chi connectivity index (χ4v) is 3.63. The lowest BCUT2D eigenvalue weighted by Crippen LogP contribution is -2.35. The minimum Gasteiger partial charge on any atom is -0.439 e. The Kier molecular flexibility index (Phi) is 6.40. The maximum Gasteiger partial charge on any atom is 0.411 e. The smallest absolute Gasteiger partial charge is 0.411 e. The molecular formula is C19H29NO2S. The van der Waals surface area contributed by atoms with E-state index >= 15 is 0 Å². The Labute approximate surface area is 144 Å². The van der Waals surface area contributed by atoms with Gasteiger partial charge in [0.15, 0.2) is 0 Å². The van der Waals surface area contributed by atoms with E-state index in [2.05, 4.69) is 39.8 Å². The summed E-state index contributed by atoms with van der Waals surface area (Å²) in [7, 11) is 0. The van der Waals surface area contributed by atoms with Gasteiger partial charge in [0, 0.05) is 4.75 Å². The number of cyclic esters (lactones) is 1. The highest BCUT2D eigenvalue weighted by atomic mass is 32.2. The van der Waals surface area contributed by atoms with Gasteiger partial charge in [-0.1, -0.05) is 77.3 Å². The molecule has 1 heterocycles. The highest BCUT2D eigenvalue weighted by Gasteiger charge is 2.42. The molecule has 2 atom stereocenters. The highest BCUT2D eigenvalue weighted by Crippen LogP contribution is 2.37. The Morgan fingerprint density at radius 2 is 1.87 bits per heavy atom. The van der Waals surface area contributed by atoms with E-state index in [0.717, 1.165) is 18.4 Å². The molecule has 1 aliphatic rings. The minimum atomic E-state index is -0.169. The topological polar surface area (TPSA) is 29.5 Å². The van der Waals surface area contributed by atoms with E-state index < -0.39 is 0 Å². The van der Waals surface area contributed by atoms with Crippen molar-refractivity contribution >= 4 is 17.9 Å². The summed E-state index contributed by atoms with van der Waals surface area (Å²) in [5.41, 5.74) is 1.10. The SMILES string of the molecule is CCCCC[C@@H]1[C@H](c2ccccc2)OC(=O)N1CSC(C)(C)C. The molecule has 0 spiro atoms. The third-order valence-corrected chi connectivity index (χ3v) is 5.35. The van der Waals surface area contributed by atoms with Crippen LogP contribution in [0.25, 0.3) is 0 Å². The number of amides is 1. The Morgan fingerprint density at radius 1 is 1.17 bits per heavy atom. The van der Waals surface area contributed by atoms with Crippen molar-refractivity contribution in [3.63, 3.8) is 0 Å². The zero-order valence-electron chi connectivity index (χ0n) is 14.7. The molecule has 1 saturated heterocycles. The fourth-order valence-electron chi connectivity index (χ4n) is 2.81. The number of carbonyl (C=O) groups is 1. The molecule has 3 nitrogen and oxygen atoms in total. The molecule has 1 aliphatic heterocycles. The second kappa shape index (κ2) is 8.09. The quantitative estimate of drug-likeness (QED) is 0.606. The Balaban J connectivity index is 2.13. The first-order valence-corrected chi connectivity index (χ1v) is 9.57. The van der Waals surface area contributed by atoms with Gasteiger partial charge in [0.2, 0.25) is 0 Å². The van der Waals surface area contributed by atoms with Gasteiger partial charge in [0.25, 0.3) is 0 Å². The van der Waals surface area contributed by atoms with Crippen LogP contribution in [0.5, 0.6) is 0 Å². The van der Waals surface area contributed by atoms with E-state index in [-0.39, 0.29) is 23.0 Å². The number of hydrogen-bond donors (Lipinski definition) is 0. The lowest BCUT2D eigenvalue weighted by atomic mass is 9.97. The molecule has 23 heavy (non-hydrogen) atoms. The molecule has 4 heteroatoms. The van der Waals surface area contributed by atoms with Gasteiger partial charge >= 0.3 is 6.09 Å². The van der Waals surface area contributed by atoms with Crippen molar-refractivity contribution in [2.45, 2.75) is 70.3 Å². The number of thioether (sulfide) groups is 1. The van der Waals surface area contributed by atoms with Gasteiger partial charge in [-0.3, -0.25) is 4.90 Å². The summed E-state index contributed by atoms with van der Waals surface area (Å²) >= 11 is 1.80. The Hall–Kier alpha value is -1.16. The van der Waals surface area contributed by atoms with E-state index in [9.17, 15) is 4.79 Å². The average Bonchev–Trinajstić information content (AvgIpc) is 2.82. The van der Waals surface area contributed by atoms with Crippen LogP contribution in [0.2, 0.25) is 0 Å². The molecule has 0 aliphatic carbocycles. The molecule has 1 aromatic carbocycles. The van der Waals surface area contributed by atoms with E-state index in [0.29, 0.717) is 5.88 Å². The third-order valence-electron chi connectivity index (χ3n) is 4.08. The van der Waals surface area contributed by atoms with Crippen molar-refractivity contribution in [1.29, 1.82) is 0 Å². The molecule has 1 amide bonds. The third kappa shape index (κ3) is 5.17. The van der Waals surface area contributed by atoms with Crippen molar-refractivity contribution < 1.29 is 9.53 Å². The Morgan fingerprint density at radius 3 is 2.48 bits per heavy atom. The van der Waals surface area contributed by atoms with E-state index in [1.165, 1.54) is 12.8 Å². The molecule has 128 valence electrons. The van der Waals surface area contributed by atoms with Crippen LogP contribution in [0.15, 0.2) is 30.3 Å². The predicted octanol–water partition coefficient (Wildman–Crippen LogP) is 5.62. The largest absolute Gasteiger partial charge is 0.439 e. The van der Waals surface area contributed by atoms with Gasteiger partial charge in [-0.2, -0.15) is 0 Å². The monoisotopic (exact) mass is 335 g/mol. The van der Waals surface area contributed by atoms with Crippen LogP contribution in [0.4, 0.5) is 4.79 Å². The van der Waals surface area contributed by atoms with Crippen LogP contribution >= 0.6 is 11.8 Å². The van der Waals surface area contributed by atoms with E-state index in [4.69, 9.17) is 4.74 Å². The second-order valence-corrected chi connectivity index (χ2v) is 8.91. The van der Waals surface area contributed by atoms with Gasteiger partial charge < -0.3 is 4.74 Å².